The third-order valence-electron chi connectivity index (χ3n) is 10.9. The maximum absolute atomic E-state index is 4.91. The van der Waals surface area contributed by atoms with Gasteiger partial charge in [0.15, 0.2) is 0 Å². The summed E-state index contributed by atoms with van der Waals surface area (Å²) in [5, 5.41) is 1.08. The Hall–Kier alpha value is -6.98. The van der Waals surface area contributed by atoms with Crippen LogP contribution in [0.25, 0.3) is 27.8 Å². The fourth-order valence-electron chi connectivity index (χ4n) is 8.90. The van der Waals surface area contributed by atoms with Gasteiger partial charge in [-0.15, -0.1) is 0 Å². The molecule has 0 saturated carbocycles. The Bertz CT molecular complexity index is 2730. The molecular weight excluding hydrogens is 635 g/mol. The molecule has 9 aromatic rings. The van der Waals surface area contributed by atoms with Crippen LogP contribution in [-0.4, -0.2) is 14.5 Å². The number of para-hydroxylation sites is 5. The van der Waals surface area contributed by atoms with Crippen molar-refractivity contribution >= 4 is 56.1 Å². The number of nitrogens with zero attached hydrogens (tertiary/aromatic N) is 5. The zero-order valence-corrected chi connectivity index (χ0v) is 28.1. The average molecular weight is 666 g/mol. The second-order valence-electron chi connectivity index (χ2n) is 13.4. The summed E-state index contributed by atoms with van der Waals surface area (Å²) < 4.78 is 2.21. The molecule has 0 amide bonds. The van der Waals surface area contributed by atoms with E-state index in [4.69, 9.17) is 9.97 Å². The molecule has 5 nitrogen and oxygen atoms in total. The molecule has 2 aliphatic heterocycles. The van der Waals surface area contributed by atoms with E-state index >= 15 is 0 Å². The summed E-state index contributed by atoms with van der Waals surface area (Å²) in [6, 6.07) is 63.5. The lowest BCUT2D eigenvalue weighted by atomic mass is 9.60. The molecule has 3 aromatic heterocycles. The van der Waals surface area contributed by atoms with Gasteiger partial charge in [-0.3, -0.25) is 9.55 Å². The first kappa shape index (κ1) is 28.8. The molecule has 0 radical (unpaired) electrons. The Morgan fingerprint density at radius 3 is 1.48 bits per heavy atom. The summed E-state index contributed by atoms with van der Waals surface area (Å²) in [5.41, 5.74) is 14.4. The van der Waals surface area contributed by atoms with Crippen LogP contribution in [-0.2, 0) is 5.41 Å². The van der Waals surface area contributed by atoms with Crippen molar-refractivity contribution in [2.75, 3.05) is 9.80 Å². The van der Waals surface area contributed by atoms with Crippen LogP contribution in [0.5, 0.6) is 0 Å². The lowest BCUT2D eigenvalue weighted by Crippen LogP contribution is -2.41. The van der Waals surface area contributed by atoms with Crippen molar-refractivity contribution in [1.82, 2.24) is 14.5 Å². The highest BCUT2D eigenvalue weighted by Gasteiger charge is 2.51. The minimum Gasteiger partial charge on any atom is -0.310 e. The zero-order chi connectivity index (χ0) is 34.2. The quantitative estimate of drug-likeness (QED) is 0.188. The van der Waals surface area contributed by atoms with Crippen LogP contribution < -0.4 is 9.80 Å². The van der Waals surface area contributed by atoms with Gasteiger partial charge in [0, 0.05) is 29.2 Å². The van der Waals surface area contributed by atoms with Gasteiger partial charge in [0.05, 0.1) is 44.7 Å². The molecular formula is C47H31N5. The topological polar surface area (TPSA) is 37.2 Å². The van der Waals surface area contributed by atoms with E-state index in [0.29, 0.717) is 0 Å². The van der Waals surface area contributed by atoms with E-state index < -0.39 is 5.41 Å². The van der Waals surface area contributed by atoms with E-state index in [2.05, 4.69) is 172 Å². The van der Waals surface area contributed by atoms with Gasteiger partial charge in [0.2, 0.25) is 0 Å². The number of pyridine rings is 2. The monoisotopic (exact) mass is 665 g/mol. The van der Waals surface area contributed by atoms with Gasteiger partial charge in [-0.1, -0.05) is 97.1 Å². The SMILES string of the molecule is c1ccc(N2c3ccccc3C3(c4ccccc42)c2ccccc2N(c2ccc4c(c2)c2ncccc2n4-c2ccccn2)c2ccccc23)cc1. The maximum atomic E-state index is 4.91. The Morgan fingerprint density at radius 2 is 0.904 bits per heavy atom. The Labute approximate surface area is 301 Å². The molecule has 0 fully saturated rings. The smallest absolute Gasteiger partial charge is 0.137 e. The number of fused-ring (bicyclic) bond motifs is 11. The van der Waals surface area contributed by atoms with Gasteiger partial charge < -0.3 is 9.80 Å². The molecule has 0 unspecified atom stereocenters. The zero-order valence-electron chi connectivity index (χ0n) is 28.1. The predicted molar refractivity (Wildman–Crippen MR) is 211 cm³/mol. The van der Waals surface area contributed by atoms with Crippen molar-refractivity contribution in [3.8, 4) is 5.82 Å². The van der Waals surface area contributed by atoms with Crippen LogP contribution in [0.3, 0.4) is 0 Å². The molecule has 5 heterocycles. The fourth-order valence-corrected chi connectivity index (χ4v) is 8.90. The first-order valence-electron chi connectivity index (χ1n) is 17.7. The third kappa shape index (κ3) is 3.82. The Morgan fingerprint density at radius 1 is 0.385 bits per heavy atom. The van der Waals surface area contributed by atoms with E-state index in [1.807, 2.05) is 30.6 Å². The van der Waals surface area contributed by atoms with Crippen molar-refractivity contribution in [2.45, 2.75) is 5.41 Å². The van der Waals surface area contributed by atoms with Gasteiger partial charge in [0.25, 0.3) is 0 Å². The normalized spacial score (nSPS) is 13.8. The van der Waals surface area contributed by atoms with E-state index in [9.17, 15) is 0 Å². The highest BCUT2D eigenvalue weighted by atomic mass is 15.2. The molecule has 52 heavy (non-hydrogen) atoms. The number of aromatic nitrogens is 3. The molecule has 1 spiro atoms. The van der Waals surface area contributed by atoms with Gasteiger partial charge in [-0.05, 0) is 101 Å². The van der Waals surface area contributed by atoms with Crippen LogP contribution in [0.4, 0.5) is 34.1 Å². The first-order chi connectivity index (χ1) is 25.8. The molecule has 0 aliphatic carbocycles. The lowest BCUT2D eigenvalue weighted by Gasteiger charge is -2.51. The van der Waals surface area contributed by atoms with Crippen LogP contribution in [0, 0.1) is 0 Å². The Kier molecular flexibility index (Phi) is 6.10. The molecule has 5 heteroatoms. The predicted octanol–water partition coefficient (Wildman–Crippen LogP) is 11.5. The Balaban J connectivity index is 1.20. The summed E-state index contributed by atoms with van der Waals surface area (Å²) in [5.74, 6) is 0.873. The summed E-state index contributed by atoms with van der Waals surface area (Å²) in [6.07, 6.45) is 3.72. The molecule has 0 saturated heterocycles. The molecule has 6 aromatic carbocycles. The second-order valence-corrected chi connectivity index (χ2v) is 13.4. The van der Waals surface area contributed by atoms with Crippen molar-refractivity contribution in [3.63, 3.8) is 0 Å². The van der Waals surface area contributed by atoms with Crippen molar-refractivity contribution < 1.29 is 0 Å². The largest absolute Gasteiger partial charge is 0.310 e. The minimum atomic E-state index is -0.567. The van der Waals surface area contributed by atoms with E-state index in [0.717, 1.165) is 50.5 Å². The highest BCUT2D eigenvalue weighted by Crippen LogP contribution is 2.63. The standard InChI is InChI=1S/C47H31N5/c1-2-15-32(16-3-1)50-40-21-8-4-17-35(40)47(36-18-5-9-22-41(36)50)37-19-6-10-23-42(37)51(43-24-11-7-20-38(43)47)33-27-28-39-34(31-33)46-44(25-14-30-49-46)52(39)45-26-12-13-29-48-45/h1-31H. The summed E-state index contributed by atoms with van der Waals surface area (Å²) >= 11 is 0. The summed E-state index contributed by atoms with van der Waals surface area (Å²) in [7, 11) is 0. The number of rotatable bonds is 3. The van der Waals surface area contributed by atoms with Crippen molar-refractivity contribution in [1.29, 1.82) is 0 Å². The lowest BCUT2D eigenvalue weighted by molar-refractivity contribution is 0.719. The van der Waals surface area contributed by atoms with Gasteiger partial charge in [-0.2, -0.15) is 0 Å². The van der Waals surface area contributed by atoms with E-state index in [1.54, 1.807) is 0 Å². The molecule has 0 atom stereocenters. The number of anilines is 6. The molecule has 244 valence electrons. The van der Waals surface area contributed by atoms with E-state index in [1.165, 1.54) is 33.6 Å². The average Bonchev–Trinajstić information content (AvgIpc) is 3.55. The van der Waals surface area contributed by atoms with Crippen molar-refractivity contribution in [2.24, 2.45) is 0 Å². The third-order valence-corrected chi connectivity index (χ3v) is 10.9. The number of hydrogen-bond acceptors (Lipinski definition) is 4. The van der Waals surface area contributed by atoms with Gasteiger partial charge in [-0.25, -0.2) is 4.98 Å². The van der Waals surface area contributed by atoms with Crippen LogP contribution in [0.15, 0.2) is 188 Å². The molecule has 11 rings (SSSR count). The fraction of sp³-hybridized carbons (Fsp3) is 0.0213. The molecule has 2 aliphatic rings. The minimum absolute atomic E-state index is 0.567. The number of benzene rings is 6. The molecule has 0 bridgehead atoms. The van der Waals surface area contributed by atoms with Crippen molar-refractivity contribution in [3.05, 3.63) is 211 Å². The van der Waals surface area contributed by atoms with E-state index in [-0.39, 0.29) is 0 Å². The summed E-state index contributed by atoms with van der Waals surface area (Å²) in [4.78, 5) is 14.5. The maximum Gasteiger partial charge on any atom is 0.137 e. The number of hydrogen-bond donors (Lipinski definition) is 0. The second kappa shape index (κ2) is 11.0. The van der Waals surface area contributed by atoms with Crippen LogP contribution in [0.2, 0.25) is 0 Å². The first-order valence-corrected chi connectivity index (χ1v) is 17.7. The van der Waals surface area contributed by atoms with Gasteiger partial charge >= 0.3 is 0 Å². The molecule has 0 N–H and O–H groups in total. The summed E-state index contributed by atoms with van der Waals surface area (Å²) in [6.45, 7) is 0. The highest BCUT2D eigenvalue weighted by molar-refractivity contribution is 6.09. The van der Waals surface area contributed by atoms with Gasteiger partial charge in [0.1, 0.15) is 5.82 Å². The van der Waals surface area contributed by atoms with Crippen LogP contribution in [0.1, 0.15) is 22.3 Å². The van der Waals surface area contributed by atoms with Crippen LogP contribution >= 0.6 is 0 Å².